The Morgan fingerprint density at radius 3 is 2.44 bits per heavy atom. The van der Waals surface area contributed by atoms with E-state index in [-0.39, 0.29) is 30.0 Å². The van der Waals surface area contributed by atoms with Gasteiger partial charge < -0.3 is 18.9 Å². The summed E-state index contributed by atoms with van der Waals surface area (Å²) in [6.45, 7) is 3.74. The van der Waals surface area contributed by atoms with E-state index in [2.05, 4.69) is 20.9 Å². The van der Waals surface area contributed by atoms with Crippen LogP contribution >= 0.6 is 27.3 Å². The smallest absolute Gasteiger partial charge is 0.338 e. The summed E-state index contributed by atoms with van der Waals surface area (Å²) in [5.74, 6) is 0.841. The third-order valence-corrected chi connectivity index (χ3v) is 8.73. The minimum absolute atomic E-state index is 0.00528. The predicted molar refractivity (Wildman–Crippen MR) is 172 cm³/mol. The quantitative estimate of drug-likeness (QED) is 0.128. The Bertz CT molecular complexity index is 2000. The summed E-state index contributed by atoms with van der Waals surface area (Å²) < 4.78 is 24.9. The number of esters is 1. The number of rotatable bonds is 10. The molecule has 5 rings (SSSR count). The lowest BCUT2D eigenvalue weighted by Crippen LogP contribution is -2.40. The van der Waals surface area contributed by atoms with E-state index >= 15 is 0 Å². The molecule has 0 saturated heterocycles. The summed E-state index contributed by atoms with van der Waals surface area (Å²) in [6.07, 6.45) is 1.72. The zero-order valence-electron chi connectivity index (χ0n) is 24.7. The van der Waals surface area contributed by atoms with Crippen LogP contribution in [0.3, 0.4) is 0 Å². The third-order valence-electron chi connectivity index (χ3n) is 7.06. The van der Waals surface area contributed by atoms with Crippen molar-refractivity contribution in [2.75, 3.05) is 20.8 Å². The normalized spacial score (nSPS) is 14.4. The zero-order valence-corrected chi connectivity index (χ0v) is 27.1. The molecule has 232 valence electrons. The first-order valence-electron chi connectivity index (χ1n) is 13.7. The molecule has 0 amide bonds. The highest BCUT2D eigenvalue weighted by Crippen LogP contribution is 2.40. The molecule has 0 aliphatic carbocycles. The standard InChI is InChI=1S/C32H28BrN3O8S/c1-5-43-31(38)28-18(2)34-32-35(29(28)22-15-25(41-3)26(42-4)16-23(22)33)30(37)27(45-32)14-20-8-6-7-9-24(20)44-17-19-10-12-21(13-11-19)36(39)40/h6-16,29H,5,17H2,1-4H3/b27-14+/t29-/m1/s1. The molecule has 0 unspecified atom stereocenters. The van der Waals surface area contributed by atoms with Crippen LogP contribution in [-0.2, 0) is 16.1 Å². The van der Waals surface area contributed by atoms with E-state index in [0.717, 1.165) is 5.56 Å². The summed E-state index contributed by atoms with van der Waals surface area (Å²) in [5.41, 5.74) is 2.28. The van der Waals surface area contributed by atoms with E-state index in [1.807, 2.05) is 18.2 Å². The minimum atomic E-state index is -0.870. The molecule has 1 atom stereocenters. The molecular weight excluding hydrogens is 666 g/mol. The Hall–Kier alpha value is -4.75. The fourth-order valence-corrected chi connectivity index (χ4v) is 6.49. The molecule has 1 aliphatic rings. The van der Waals surface area contributed by atoms with Crippen LogP contribution in [0.25, 0.3) is 6.08 Å². The van der Waals surface area contributed by atoms with Gasteiger partial charge in [-0.25, -0.2) is 9.79 Å². The van der Waals surface area contributed by atoms with Crippen LogP contribution in [0.2, 0.25) is 0 Å². The Morgan fingerprint density at radius 2 is 1.78 bits per heavy atom. The van der Waals surface area contributed by atoms with Gasteiger partial charge in [0.15, 0.2) is 16.3 Å². The average Bonchev–Trinajstić information content (AvgIpc) is 3.33. The average molecular weight is 695 g/mol. The van der Waals surface area contributed by atoms with Crippen molar-refractivity contribution in [2.45, 2.75) is 26.5 Å². The Kier molecular flexibility index (Phi) is 9.49. The number of halogens is 1. The van der Waals surface area contributed by atoms with Gasteiger partial charge >= 0.3 is 5.97 Å². The first-order valence-corrected chi connectivity index (χ1v) is 15.3. The fourth-order valence-electron chi connectivity index (χ4n) is 4.91. The fraction of sp³-hybridized carbons (Fsp3) is 0.219. The highest BCUT2D eigenvalue weighted by molar-refractivity contribution is 9.10. The Labute approximate surface area is 269 Å². The summed E-state index contributed by atoms with van der Waals surface area (Å²) >= 11 is 4.79. The number of fused-ring (bicyclic) bond motifs is 1. The van der Waals surface area contributed by atoms with Gasteiger partial charge in [0.05, 0.1) is 47.6 Å². The third kappa shape index (κ3) is 6.40. The lowest BCUT2D eigenvalue weighted by molar-refractivity contribution is -0.384. The zero-order chi connectivity index (χ0) is 32.2. The molecule has 2 heterocycles. The number of nitrogens with zero attached hydrogens (tertiary/aromatic N) is 3. The second-order valence-corrected chi connectivity index (χ2v) is 11.6. The molecule has 0 N–H and O–H groups in total. The van der Waals surface area contributed by atoms with Crippen LogP contribution < -0.4 is 29.1 Å². The van der Waals surface area contributed by atoms with Crippen molar-refractivity contribution >= 4 is 45.0 Å². The number of methoxy groups -OCH3 is 2. The second kappa shape index (κ2) is 13.5. The summed E-state index contributed by atoms with van der Waals surface area (Å²) in [6, 6.07) is 15.9. The molecular formula is C32H28BrN3O8S. The lowest BCUT2D eigenvalue weighted by Gasteiger charge is -2.26. The number of non-ortho nitro benzene ring substituents is 1. The van der Waals surface area contributed by atoms with Crippen molar-refractivity contribution in [1.29, 1.82) is 0 Å². The number of ether oxygens (including phenoxy) is 4. The number of hydrogen-bond donors (Lipinski definition) is 0. The van der Waals surface area contributed by atoms with Crippen LogP contribution in [0.4, 0.5) is 5.69 Å². The molecule has 45 heavy (non-hydrogen) atoms. The largest absolute Gasteiger partial charge is 0.493 e. The van der Waals surface area contributed by atoms with Crippen molar-refractivity contribution in [3.8, 4) is 17.2 Å². The summed E-state index contributed by atoms with van der Waals surface area (Å²) in [7, 11) is 3.03. The molecule has 3 aromatic carbocycles. The number of para-hydroxylation sites is 1. The van der Waals surface area contributed by atoms with Crippen molar-refractivity contribution in [3.63, 3.8) is 0 Å². The van der Waals surface area contributed by atoms with Gasteiger partial charge in [0.1, 0.15) is 12.4 Å². The number of allylic oxidation sites excluding steroid dienone is 1. The number of aromatic nitrogens is 1. The molecule has 0 spiro atoms. The van der Waals surface area contributed by atoms with Gasteiger partial charge in [-0.15, -0.1) is 0 Å². The molecule has 13 heteroatoms. The van der Waals surface area contributed by atoms with E-state index < -0.39 is 16.9 Å². The van der Waals surface area contributed by atoms with Crippen LogP contribution in [0.5, 0.6) is 17.2 Å². The minimum Gasteiger partial charge on any atom is -0.493 e. The molecule has 0 bridgehead atoms. The van der Waals surface area contributed by atoms with Crippen molar-refractivity contribution in [1.82, 2.24) is 4.57 Å². The molecule has 1 aromatic heterocycles. The number of carbonyl (C=O) groups excluding carboxylic acids is 1. The van der Waals surface area contributed by atoms with E-state index in [4.69, 9.17) is 18.9 Å². The van der Waals surface area contributed by atoms with Crippen molar-refractivity contribution in [3.05, 3.63) is 123 Å². The molecule has 0 fully saturated rings. The molecule has 11 nitrogen and oxygen atoms in total. The predicted octanol–water partition coefficient (Wildman–Crippen LogP) is 5.07. The van der Waals surface area contributed by atoms with E-state index in [0.29, 0.717) is 47.9 Å². The number of benzene rings is 3. The number of nitro benzene ring substituents is 1. The van der Waals surface area contributed by atoms with Crippen molar-refractivity contribution in [2.24, 2.45) is 4.99 Å². The molecule has 0 radical (unpaired) electrons. The van der Waals surface area contributed by atoms with E-state index in [9.17, 15) is 19.7 Å². The van der Waals surface area contributed by atoms with Crippen molar-refractivity contribution < 1.29 is 28.7 Å². The Balaban J connectivity index is 1.61. The van der Waals surface area contributed by atoms with Gasteiger partial charge in [-0.05, 0) is 61.4 Å². The van der Waals surface area contributed by atoms with Gasteiger partial charge in [-0.1, -0.05) is 45.5 Å². The molecule has 1 aliphatic heterocycles. The summed E-state index contributed by atoms with van der Waals surface area (Å²) in [5, 5.41) is 11.0. The number of nitro groups is 1. The molecule has 0 saturated carbocycles. The van der Waals surface area contributed by atoms with Gasteiger partial charge in [0.2, 0.25) is 0 Å². The number of hydrogen-bond acceptors (Lipinski definition) is 10. The lowest BCUT2D eigenvalue weighted by atomic mass is 9.95. The van der Waals surface area contributed by atoms with Crippen LogP contribution in [0.1, 0.15) is 36.6 Å². The van der Waals surface area contributed by atoms with Gasteiger partial charge in [0, 0.05) is 22.2 Å². The van der Waals surface area contributed by atoms with Crippen LogP contribution in [-0.4, -0.2) is 36.3 Å². The number of thiazole rings is 1. The summed E-state index contributed by atoms with van der Waals surface area (Å²) in [4.78, 5) is 43.0. The maximum atomic E-state index is 14.1. The Morgan fingerprint density at radius 1 is 1.09 bits per heavy atom. The van der Waals surface area contributed by atoms with Crippen LogP contribution in [0, 0.1) is 10.1 Å². The first kappa shape index (κ1) is 31.7. The van der Waals surface area contributed by atoms with E-state index in [1.165, 1.54) is 42.3 Å². The van der Waals surface area contributed by atoms with E-state index in [1.54, 1.807) is 50.3 Å². The van der Waals surface area contributed by atoms with Gasteiger partial charge in [-0.2, -0.15) is 0 Å². The maximum absolute atomic E-state index is 14.1. The SMILES string of the molecule is CCOC(=O)C1=C(C)N=c2s/c(=C/c3ccccc3OCc3ccc([N+](=O)[O-])cc3)c(=O)n2[C@@H]1c1cc(OC)c(OC)cc1Br. The maximum Gasteiger partial charge on any atom is 0.338 e. The molecule has 4 aromatic rings. The van der Waals surface area contributed by atoms with Crippen LogP contribution in [0.15, 0.2) is 86.2 Å². The highest BCUT2D eigenvalue weighted by Gasteiger charge is 2.35. The van der Waals surface area contributed by atoms with Gasteiger partial charge in [0.25, 0.3) is 11.2 Å². The monoisotopic (exact) mass is 693 g/mol. The second-order valence-electron chi connectivity index (χ2n) is 9.78. The topological polar surface area (TPSA) is 131 Å². The number of carbonyl (C=O) groups is 1. The highest BCUT2D eigenvalue weighted by atomic mass is 79.9. The first-order chi connectivity index (χ1) is 21.7. The van der Waals surface area contributed by atoms with Gasteiger partial charge in [-0.3, -0.25) is 19.5 Å².